The van der Waals surface area contributed by atoms with Crippen molar-refractivity contribution in [1.29, 1.82) is 0 Å². The first-order valence-electron chi connectivity index (χ1n) is 6.75. The van der Waals surface area contributed by atoms with Crippen LogP contribution >= 0.6 is 0 Å². The SMILES string of the molecule is Oc1ccc(O)c(Oc2ccccc2)c1Oc1ccccc1. The quantitative estimate of drug-likeness (QED) is 0.686. The van der Waals surface area contributed by atoms with Gasteiger partial charge in [0, 0.05) is 0 Å². The van der Waals surface area contributed by atoms with Gasteiger partial charge in [0.05, 0.1) is 0 Å². The maximum Gasteiger partial charge on any atom is 0.215 e. The molecule has 0 saturated heterocycles. The lowest BCUT2D eigenvalue weighted by Crippen LogP contribution is -1.91. The molecule has 0 aromatic heterocycles. The zero-order chi connectivity index (χ0) is 15.4. The lowest BCUT2D eigenvalue weighted by molar-refractivity contribution is 0.359. The maximum atomic E-state index is 10.0. The highest BCUT2D eigenvalue weighted by Crippen LogP contribution is 2.47. The van der Waals surface area contributed by atoms with E-state index in [2.05, 4.69) is 0 Å². The van der Waals surface area contributed by atoms with Gasteiger partial charge in [-0.2, -0.15) is 0 Å². The molecule has 110 valence electrons. The number of rotatable bonds is 4. The summed E-state index contributed by atoms with van der Waals surface area (Å²) >= 11 is 0. The molecule has 2 N–H and O–H groups in total. The van der Waals surface area contributed by atoms with Crippen LogP contribution in [0.5, 0.6) is 34.5 Å². The zero-order valence-electron chi connectivity index (χ0n) is 11.6. The van der Waals surface area contributed by atoms with Gasteiger partial charge in [-0.15, -0.1) is 0 Å². The predicted molar refractivity (Wildman–Crippen MR) is 82.8 cm³/mol. The van der Waals surface area contributed by atoms with Gasteiger partial charge in [0.25, 0.3) is 0 Å². The van der Waals surface area contributed by atoms with Crippen LogP contribution in [0, 0.1) is 0 Å². The number of benzene rings is 3. The van der Waals surface area contributed by atoms with Crippen LogP contribution in [0.4, 0.5) is 0 Å². The minimum absolute atomic E-state index is 0.0649. The summed E-state index contributed by atoms with van der Waals surface area (Å²) in [5.74, 6) is 0.952. The number of hydrogen-bond donors (Lipinski definition) is 2. The van der Waals surface area contributed by atoms with Crippen molar-refractivity contribution >= 4 is 0 Å². The summed E-state index contributed by atoms with van der Waals surface area (Å²) in [5.41, 5.74) is 0. The molecule has 0 aliphatic rings. The minimum Gasteiger partial charge on any atom is -0.504 e. The molecule has 3 aromatic carbocycles. The number of ether oxygens (including phenoxy) is 2. The van der Waals surface area contributed by atoms with Crippen molar-refractivity contribution in [2.45, 2.75) is 0 Å². The van der Waals surface area contributed by atoms with E-state index in [0.29, 0.717) is 11.5 Å². The Bertz CT molecular complexity index is 688. The topological polar surface area (TPSA) is 58.9 Å². The predicted octanol–water partition coefficient (Wildman–Crippen LogP) is 4.68. The fourth-order valence-electron chi connectivity index (χ4n) is 1.95. The summed E-state index contributed by atoms with van der Waals surface area (Å²) in [7, 11) is 0. The molecule has 0 atom stereocenters. The third-order valence-electron chi connectivity index (χ3n) is 3.00. The minimum atomic E-state index is -0.118. The summed E-state index contributed by atoms with van der Waals surface area (Å²) in [6.07, 6.45) is 0. The average Bonchev–Trinajstić information content (AvgIpc) is 2.56. The van der Waals surface area contributed by atoms with Crippen LogP contribution < -0.4 is 9.47 Å². The molecule has 0 amide bonds. The number of hydrogen-bond acceptors (Lipinski definition) is 4. The van der Waals surface area contributed by atoms with Crippen molar-refractivity contribution in [2.75, 3.05) is 0 Å². The zero-order valence-corrected chi connectivity index (χ0v) is 11.6. The molecule has 0 unspecified atom stereocenters. The molecular formula is C18H14O4. The Hall–Kier alpha value is -3.14. The molecule has 0 heterocycles. The summed E-state index contributed by atoms with van der Waals surface area (Å²) in [6.45, 7) is 0. The van der Waals surface area contributed by atoms with Gasteiger partial charge in [0.15, 0.2) is 11.5 Å². The highest BCUT2D eigenvalue weighted by molar-refractivity contribution is 5.60. The van der Waals surface area contributed by atoms with Crippen LogP contribution in [-0.4, -0.2) is 10.2 Å². The third-order valence-corrected chi connectivity index (χ3v) is 3.00. The van der Waals surface area contributed by atoms with Crippen LogP contribution in [0.15, 0.2) is 72.8 Å². The average molecular weight is 294 g/mol. The van der Waals surface area contributed by atoms with Crippen LogP contribution in [0.1, 0.15) is 0 Å². The molecule has 0 bridgehead atoms. The fourth-order valence-corrected chi connectivity index (χ4v) is 1.95. The molecule has 3 rings (SSSR count). The highest BCUT2D eigenvalue weighted by Gasteiger charge is 2.17. The van der Waals surface area contributed by atoms with E-state index < -0.39 is 0 Å². The van der Waals surface area contributed by atoms with Gasteiger partial charge >= 0.3 is 0 Å². The number of phenolic OH excluding ortho intramolecular Hbond substituents is 2. The smallest absolute Gasteiger partial charge is 0.215 e. The number of phenols is 2. The molecule has 0 saturated carbocycles. The Balaban J connectivity index is 1.99. The molecular weight excluding hydrogens is 280 g/mol. The molecule has 0 spiro atoms. The van der Waals surface area contributed by atoms with Gasteiger partial charge in [-0.25, -0.2) is 0 Å². The first-order valence-corrected chi connectivity index (χ1v) is 6.75. The van der Waals surface area contributed by atoms with Crippen molar-refractivity contribution in [3.63, 3.8) is 0 Å². The second kappa shape index (κ2) is 6.10. The standard InChI is InChI=1S/C18H14O4/c19-15-11-12-16(20)18(22-14-9-5-2-6-10-14)17(15)21-13-7-3-1-4-8-13/h1-12,19-20H. The molecule has 0 radical (unpaired) electrons. The third kappa shape index (κ3) is 2.96. The van der Waals surface area contributed by atoms with Gasteiger partial charge in [-0.1, -0.05) is 36.4 Å². The second-order valence-electron chi connectivity index (χ2n) is 4.59. The fraction of sp³-hybridized carbons (Fsp3) is 0. The van der Waals surface area contributed by atoms with E-state index in [-0.39, 0.29) is 23.0 Å². The maximum absolute atomic E-state index is 10.0. The summed E-state index contributed by atoms with van der Waals surface area (Å²) < 4.78 is 11.3. The summed E-state index contributed by atoms with van der Waals surface area (Å²) in [6, 6.07) is 20.7. The van der Waals surface area contributed by atoms with Crippen molar-refractivity contribution in [1.82, 2.24) is 0 Å². The normalized spacial score (nSPS) is 10.2. The summed E-state index contributed by atoms with van der Waals surface area (Å²) in [5, 5.41) is 20.1. The van der Waals surface area contributed by atoms with Crippen LogP contribution in [0.2, 0.25) is 0 Å². The second-order valence-corrected chi connectivity index (χ2v) is 4.59. The Morgan fingerprint density at radius 1 is 0.500 bits per heavy atom. The lowest BCUT2D eigenvalue weighted by Gasteiger charge is -2.14. The Morgan fingerprint density at radius 2 is 0.864 bits per heavy atom. The molecule has 0 fully saturated rings. The highest BCUT2D eigenvalue weighted by atomic mass is 16.5. The molecule has 4 heteroatoms. The first-order chi connectivity index (χ1) is 10.7. The largest absolute Gasteiger partial charge is 0.504 e. The van der Waals surface area contributed by atoms with E-state index in [4.69, 9.17) is 9.47 Å². The number of para-hydroxylation sites is 2. The van der Waals surface area contributed by atoms with Gasteiger partial charge < -0.3 is 19.7 Å². The van der Waals surface area contributed by atoms with E-state index >= 15 is 0 Å². The van der Waals surface area contributed by atoms with Crippen LogP contribution in [-0.2, 0) is 0 Å². The Morgan fingerprint density at radius 3 is 1.23 bits per heavy atom. The van der Waals surface area contributed by atoms with Crippen molar-refractivity contribution < 1.29 is 19.7 Å². The Labute approximate surface area is 127 Å². The van der Waals surface area contributed by atoms with Gasteiger partial charge in [0.2, 0.25) is 11.5 Å². The van der Waals surface area contributed by atoms with E-state index in [1.165, 1.54) is 12.1 Å². The first kappa shape index (κ1) is 13.8. The summed E-state index contributed by atoms with van der Waals surface area (Å²) in [4.78, 5) is 0. The van der Waals surface area contributed by atoms with E-state index in [9.17, 15) is 10.2 Å². The molecule has 0 aliphatic heterocycles. The Kier molecular flexibility index (Phi) is 3.83. The van der Waals surface area contributed by atoms with Crippen molar-refractivity contribution in [3.05, 3.63) is 72.8 Å². The van der Waals surface area contributed by atoms with Crippen LogP contribution in [0.3, 0.4) is 0 Å². The molecule has 3 aromatic rings. The lowest BCUT2D eigenvalue weighted by atomic mass is 10.2. The van der Waals surface area contributed by atoms with Gasteiger partial charge in [-0.05, 0) is 36.4 Å². The van der Waals surface area contributed by atoms with Gasteiger partial charge in [0.1, 0.15) is 11.5 Å². The van der Waals surface area contributed by atoms with E-state index in [1.54, 1.807) is 24.3 Å². The molecule has 4 nitrogen and oxygen atoms in total. The monoisotopic (exact) mass is 294 g/mol. The van der Waals surface area contributed by atoms with Crippen molar-refractivity contribution in [3.8, 4) is 34.5 Å². The van der Waals surface area contributed by atoms with Gasteiger partial charge in [-0.3, -0.25) is 0 Å². The van der Waals surface area contributed by atoms with E-state index in [1.807, 2.05) is 36.4 Å². The van der Waals surface area contributed by atoms with Crippen LogP contribution in [0.25, 0.3) is 0 Å². The number of aromatic hydroxyl groups is 2. The van der Waals surface area contributed by atoms with E-state index in [0.717, 1.165) is 0 Å². The molecule has 0 aliphatic carbocycles. The molecule has 22 heavy (non-hydrogen) atoms. The van der Waals surface area contributed by atoms with Crippen molar-refractivity contribution in [2.24, 2.45) is 0 Å².